The number of amides is 1. The van der Waals surface area contributed by atoms with Crippen LogP contribution in [0.3, 0.4) is 0 Å². The van der Waals surface area contributed by atoms with Crippen molar-refractivity contribution in [2.45, 2.75) is 39.9 Å². The first-order valence-electron chi connectivity index (χ1n) is 9.74. The van der Waals surface area contributed by atoms with E-state index in [0.29, 0.717) is 30.0 Å². The lowest BCUT2D eigenvalue weighted by molar-refractivity contribution is -0.145. The topological polar surface area (TPSA) is 82.4 Å². The molecule has 1 aromatic carbocycles. The first kappa shape index (κ1) is 19.3. The summed E-state index contributed by atoms with van der Waals surface area (Å²) < 4.78 is 13.2. The van der Waals surface area contributed by atoms with Crippen LogP contribution in [0.4, 0.5) is 0 Å². The SMILES string of the molecule is Cc1cc(C)cc(-n2ncc3c(OCC(=O)N4CC(C)OC(C)C4)ncnc32)c1. The van der Waals surface area contributed by atoms with Gasteiger partial charge < -0.3 is 14.4 Å². The van der Waals surface area contributed by atoms with Gasteiger partial charge in [0.25, 0.3) is 5.91 Å². The van der Waals surface area contributed by atoms with E-state index in [4.69, 9.17) is 9.47 Å². The van der Waals surface area contributed by atoms with Crippen LogP contribution in [0.1, 0.15) is 25.0 Å². The first-order chi connectivity index (χ1) is 13.9. The molecule has 3 heterocycles. The molecule has 152 valence electrons. The second-order valence-corrected chi connectivity index (χ2v) is 7.66. The Morgan fingerprint density at radius 1 is 1.14 bits per heavy atom. The molecule has 8 nitrogen and oxygen atoms in total. The number of carbonyl (C=O) groups is 1. The van der Waals surface area contributed by atoms with Crippen molar-refractivity contribution in [1.82, 2.24) is 24.6 Å². The predicted octanol–water partition coefficient (Wildman–Crippen LogP) is 2.45. The molecule has 0 aliphatic carbocycles. The molecule has 0 saturated carbocycles. The molecule has 1 fully saturated rings. The zero-order valence-electron chi connectivity index (χ0n) is 17.1. The van der Waals surface area contributed by atoms with E-state index in [0.717, 1.165) is 16.8 Å². The van der Waals surface area contributed by atoms with Gasteiger partial charge in [-0.05, 0) is 51.0 Å². The van der Waals surface area contributed by atoms with Gasteiger partial charge in [0.1, 0.15) is 11.7 Å². The third kappa shape index (κ3) is 4.07. The first-order valence-corrected chi connectivity index (χ1v) is 9.74. The Balaban J connectivity index is 1.55. The summed E-state index contributed by atoms with van der Waals surface area (Å²) in [6, 6.07) is 6.20. The lowest BCUT2D eigenvalue weighted by Crippen LogP contribution is -2.49. The lowest BCUT2D eigenvalue weighted by Gasteiger charge is -2.35. The summed E-state index contributed by atoms with van der Waals surface area (Å²) in [6.07, 6.45) is 3.14. The molecular weight excluding hydrogens is 370 g/mol. The summed E-state index contributed by atoms with van der Waals surface area (Å²) in [5.41, 5.74) is 3.86. The van der Waals surface area contributed by atoms with Crippen LogP contribution in [0.2, 0.25) is 0 Å². The van der Waals surface area contributed by atoms with Gasteiger partial charge in [0.15, 0.2) is 12.3 Å². The maximum absolute atomic E-state index is 12.6. The molecule has 8 heteroatoms. The minimum absolute atomic E-state index is 0.0180. The summed E-state index contributed by atoms with van der Waals surface area (Å²) in [5, 5.41) is 5.14. The van der Waals surface area contributed by atoms with E-state index < -0.39 is 0 Å². The van der Waals surface area contributed by atoms with Gasteiger partial charge in [-0.3, -0.25) is 4.79 Å². The van der Waals surface area contributed by atoms with E-state index >= 15 is 0 Å². The molecule has 1 saturated heterocycles. The molecule has 2 atom stereocenters. The standard InChI is InChI=1S/C21H25N5O3/c1-13-5-14(2)7-17(6-13)26-20-18(8-24-26)21(23-12-22-20)28-11-19(27)25-9-15(3)29-16(4)10-25/h5-8,12,15-16H,9-11H2,1-4H3. The van der Waals surface area contributed by atoms with Gasteiger partial charge in [-0.2, -0.15) is 5.10 Å². The van der Waals surface area contributed by atoms with Crippen molar-refractivity contribution < 1.29 is 14.3 Å². The van der Waals surface area contributed by atoms with Gasteiger partial charge in [-0.25, -0.2) is 14.6 Å². The van der Waals surface area contributed by atoms with Crippen molar-refractivity contribution in [2.75, 3.05) is 19.7 Å². The van der Waals surface area contributed by atoms with E-state index in [2.05, 4.69) is 21.1 Å². The van der Waals surface area contributed by atoms with Crippen LogP contribution >= 0.6 is 0 Å². The average molecular weight is 395 g/mol. The summed E-state index contributed by atoms with van der Waals surface area (Å²) >= 11 is 0. The van der Waals surface area contributed by atoms with E-state index in [1.807, 2.05) is 39.8 Å². The molecule has 4 rings (SSSR count). The fraction of sp³-hybridized carbons (Fsp3) is 0.429. The minimum Gasteiger partial charge on any atom is -0.467 e. The number of nitrogens with zero attached hydrogens (tertiary/aromatic N) is 5. The van der Waals surface area contributed by atoms with Crippen LogP contribution in [0, 0.1) is 13.8 Å². The van der Waals surface area contributed by atoms with Gasteiger partial charge in [-0.15, -0.1) is 0 Å². The van der Waals surface area contributed by atoms with Gasteiger partial charge in [0.2, 0.25) is 5.88 Å². The number of rotatable bonds is 4. The van der Waals surface area contributed by atoms with Crippen molar-refractivity contribution in [3.05, 3.63) is 41.9 Å². The molecule has 1 aliphatic rings. The highest BCUT2D eigenvalue weighted by Gasteiger charge is 2.26. The number of hydrogen-bond donors (Lipinski definition) is 0. The van der Waals surface area contributed by atoms with Crippen molar-refractivity contribution in [3.63, 3.8) is 0 Å². The Morgan fingerprint density at radius 3 is 2.52 bits per heavy atom. The molecule has 2 unspecified atom stereocenters. The van der Waals surface area contributed by atoms with Gasteiger partial charge in [-0.1, -0.05) is 6.07 Å². The fourth-order valence-corrected chi connectivity index (χ4v) is 3.80. The monoisotopic (exact) mass is 395 g/mol. The number of carbonyl (C=O) groups excluding carboxylic acids is 1. The lowest BCUT2D eigenvalue weighted by atomic mass is 10.1. The predicted molar refractivity (Wildman–Crippen MR) is 108 cm³/mol. The number of fused-ring (bicyclic) bond motifs is 1. The van der Waals surface area contributed by atoms with Crippen LogP contribution in [0.5, 0.6) is 5.88 Å². The maximum Gasteiger partial charge on any atom is 0.260 e. The summed E-state index contributed by atoms with van der Waals surface area (Å²) in [7, 11) is 0. The van der Waals surface area contributed by atoms with Gasteiger partial charge in [0, 0.05) is 13.1 Å². The summed E-state index contributed by atoms with van der Waals surface area (Å²) in [6.45, 7) is 9.07. The number of ether oxygens (including phenoxy) is 2. The highest BCUT2D eigenvalue weighted by molar-refractivity contribution is 5.82. The average Bonchev–Trinajstić information content (AvgIpc) is 3.09. The quantitative estimate of drug-likeness (QED) is 0.675. The molecule has 29 heavy (non-hydrogen) atoms. The number of aromatic nitrogens is 4. The van der Waals surface area contributed by atoms with Crippen LogP contribution in [-0.4, -0.2) is 62.5 Å². The number of hydrogen-bond acceptors (Lipinski definition) is 6. The third-order valence-electron chi connectivity index (χ3n) is 4.88. The highest BCUT2D eigenvalue weighted by atomic mass is 16.5. The Morgan fingerprint density at radius 2 is 1.83 bits per heavy atom. The van der Waals surface area contributed by atoms with Crippen molar-refractivity contribution in [2.24, 2.45) is 0 Å². The Labute approximate surface area is 169 Å². The van der Waals surface area contributed by atoms with E-state index in [-0.39, 0.29) is 24.7 Å². The van der Waals surface area contributed by atoms with Crippen molar-refractivity contribution in [1.29, 1.82) is 0 Å². The third-order valence-corrected chi connectivity index (χ3v) is 4.88. The molecular formula is C21H25N5O3. The fourth-order valence-electron chi connectivity index (χ4n) is 3.80. The molecule has 1 aliphatic heterocycles. The number of benzene rings is 1. The van der Waals surface area contributed by atoms with Crippen LogP contribution in [0.25, 0.3) is 16.7 Å². The highest BCUT2D eigenvalue weighted by Crippen LogP contribution is 2.24. The minimum atomic E-state index is -0.0830. The van der Waals surface area contributed by atoms with Crippen molar-refractivity contribution in [3.8, 4) is 11.6 Å². The zero-order chi connectivity index (χ0) is 20.5. The summed E-state index contributed by atoms with van der Waals surface area (Å²) in [5.74, 6) is 0.272. The molecule has 2 aromatic heterocycles. The number of aryl methyl sites for hydroxylation is 2. The second-order valence-electron chi connectivity index (χ2n) is 7.66. The van der Waals surface area contributed by atoms with Crippen LogP contribution < -0.4 is 4.74 Å². The Kier molecular flexibility index (Phi) is 5.19. The molecule has 3 aromatic rings. The van der Waals surface area contributed by atoms with Gasteiger partial charge in [0.05, 0.1) is 24.1 Å². The van der Waals surface area contributed by atoms with E-state index in [1.54, 1.807) is 15.8 Å². The van der Waals surface area contributed by atoms with Gasteiger partial charge >= 0.3 is 0 Å². The second kappa shape index (κ2) is 7.79. The Hall–Kier alpha value is -3.00. The smallest absolute Gasteiger partial charge is 0.260 e. The molecule has 0 bridgehead atoms. The largest absolute Gasteiger partial charge is 0.467 e. The van der Waals surface area contributed by atoms with Crippen LogP contribution in [0.15, 0.2) is 30.7 Å². The van der Waals surface area contributed by atoms with Crippen molar-refractivity contribution >= 4 is 16.9 Å². The maximum atomic E-state index is 12.6. The van der Waals surface area contributed by atoms with E-state index in [1.165, 1.54) is 6.33 Å². The molecule has 1 amide bonds. The Bertz CT molecular complexity index is 1020. The molecule has 0 spiro atoms. The van der Waals surface area contributed by atoms with Crippen LogP contribution in [-0.2, 0) is 9.53 Å². The number of morpholine rings is 1. The zero-order valence-corrected chi connectivity index (χ0v) is 17.1. The summed E-state index contributed by atoms with van der Waals surface area (Å²) in [4.78, 5) is 22.9. The van der Waals surface area contributed by atoms with E-state index in [9.17, 15) is 4.79 Å². The molecule has 0 radical (unpaired) electrons. The molecule has 0 N–H and O–H groups in total. The normalized spacial score (nSPS) is 19.5.